The highest BCUT2D eigenvalue weighted by molar-refractivity contribution is 7.86. The van der Waals surface area contributed by atoms with Crippen LogP contribution in [0.3, 0.4) is 0 Å². The summed E-state index contributed by atoms with van der Waals surface area (Å²) in [6.07, 6.45) is 0. The Morgan fingerprint density at radius 1 is 1.18 bits per heavy atom. The van der Waals surface area contributed by atoms with Gasteiger partial charge < -0.3 is 4.90 Å². The van der Waals surface area contributed by atoms with E-state index in [-0.39, 0.29) is 0 Å². The molecule has 0 bridgehead atoms. The smallest absolute Gasteiger partial charge is 0.276 e. The average molecular weight is 179 g/mol. The summed E-state index contributed by atoms with van der Waals surface area (Å²) < 4.78 is 22.9. The van der Waals surface area contributed by atoms with Crippen LogP contribution in [-0.4, -0.2) is 50.8 Å². The van der Waals surface area contributed by atoms with Gasteiger partial charge in [-0.3, -0.25) is 0 Å². The molecule has 0 unspecified atom stereocenters. The van der Waals surface area contributed by atoms with Crippen LogP contribution in [0.15, 0.2) is 0 Å². The summed E-state index contributed by atoms with van der Waals surface area (Å²) in [5.74, 6) is 0. The van der Waals surface area contributed by atoms with Gasteiger partial charge in [0, 0.05) is 26.2 Å². The Kier molecular flexibility index (Phi) is 2.48. The molecular formula is C5H13N3O2S. The van der Waals surface area contributed by atoms with Gasteiger partial charge in [-0.15, -0.1) is 0 Å². The monoisotopic (exact) mass is 179 g/mol. The van der Waals surface area contributed by atoms with Gasteiger partial charge in [0.1, 0.15) is 0 Å². The van der Waals surface area contributed by atoms with Gasteiger partial charge in [-0.05, 0) is 7.05 Å². The third-order valence-corrected chi connectivity index (χ3v) is 2.91. The number of likely N-dealkylation sites (N-methyl/N-ethyl adjacent to an activating group) is 1. The van der Waals surface area contributed by atoms with E-state index in [0.29, 0.717) is 13.1 Å². The highest BCUT2D eigenvalue weighted by Gasteiger charge is 2.21. The molecule has 0 aromatic heterocycles. The molecule has 1 aliphatic rings. The molecule has 1 saturated heterocycles. The predicted octanol–water partition coefficient (Wildman–Crippen LogP) is -1.56. The molecule has 66 valence electrons. The van der Waals surface area contributed by atoms with Gasteiger partial charge in [0.15, 0.2) is 0 Å². The third-order valence-electron chi connectivity index (χ3n) is 1.82. The van der Waals surface area contributed by atoms with Crippen LogP contribution in [0.4, 0.5) is 0 Å². The van der Waals surface area contributed by atoms with Crippen LogP contribution in [-0.2, 0) is 10.2 Å². The highest BCUT2D eigenvalue weighted by atomic mass is 32.2. The van der Waals surface area contributed by atoms with Gasteiger partial charge in [0.05, 0.1) is 0 Å². The first kappa shape index (κ1) is 8.92. The van der Waals surface area contributed by atoms with E-state index in [1.807, 2.05) is 7.05 Å². The predicted molar refractivity (Wildman–Crippen MR) is 42.2 cm³/mol. The maximum atomic E-state index is 10.8. The zero-order valence-corrected chi connectivity index (χ0v) is 7.34. The molecule has 5 nitrogen and oxygen atoms in total. The Balaban J connectivity index is 2.53. The number of hydrogen-bond donors (Lipinski definition) is 1. The molecule has 0 aromatic carbocycles. The molecule has 0 spiro atoms. The number of piperazine rings is 1. The summed E-state index contributed by atoms with van der Waals surface area (Å²) in [5, 5.41) is 4.94. The van der Waals surface area contributed by atoms with E-state index >= 15 is 0 Å². The molecule has 1 fully saturated rings. The Morgan fingerprint density at radius 3 is 2.00 bits per heavy atom. The first-order chi connectivity index (χ1) is 5.00. The van der Waals surface area contributed by atoms with E-state index in [1.54, 1.807) is 0 Å². The summed E-state index contributed by atoms with van der Waals surface area (Å²) >= 11 is 0. The van der Waals surface area contributed by atoms with Crippen molar-refractivity contribution >= 4 is 10.2 Å². The first-order valence-corrected chi connectivity index (χ1v) is 4.97. The summed E-state index contributed by atoms with van der Waals surface area (Å²) in [4.78, 5) is 2.07. The second-order valence-electron chi connectivity index (χ2n) is 2.75. The minimum atomic E-state index is -3.44. The van der Waals surface area contributed by atoms with Gasteiger partial charge in [0.2, 0.25) is 0 Å². The lowest BCUT2D eigenvalue weighted by Gasteiger charge is -2.29. The lowest BCUT2D eigenvalue weighted by molar-refractivity contribution is 0.222. The van der Waals surface area contributed by atoms with Crippen molar-refractivity contribution in [3.8, 4) is 0 Å². The molecular weight excluding hydrogens is 166 g/mol. The number of nitrogens with two attached hydrogens (primary N) is 1. The van der Waals surface area contributed by atoms with Gasteiger partial charge in [-0.1, -0.05) is 0 Å². The van der Waals surface area contributed by atoms with Crippen molar-refractivity contribution in [3.63, 3.8) is 0 Å². The van der Waals surface area contributed by atoms with Crippen LogP contribution in [0.25, 0.3) is 0 Å². The van der Waals surface area contributed by atoms with Crippen molar-refractivity contribution in [1.82, 2.24) is 9.21 Å². The van der Waals surface area contributed by atoms with Crippen molar-refractivity contribution in [2.45, 2.75) is 0 Å². The second kappa shape index (κ2) is 3.06. The molecule has 2 N–H and O–H groups in total. The molecule has 0 amide bonds. The van der Waals surface area contributed by atoms with Crippen molar-refractivity contribution in [2.75, 3.05) is 33.2 Å². The SMILES string of the molecule is CN1CCN(S(N)(=O)=O)CC1. The van der Waals surface area contributed by atoms with E-state index in [1.165, 1.54) is 4.31 Å². The molecule has 0 aliphatic carbocycles. The van der Waals surface area contributed by atoms with Crippen LogP contribution in [0.5, 0.6) is 0 Å². The van der Waals surface area contributed by atoms with Crippen LogP contribution in [0.1, 0.15) is 0 Å². The summed E-state index contributed by atoms with van der Waals surface area (Å²) in [5.41, 5.74) is 0. The van der Waals surface area contributed by atoms with E-state index in [2.05, 4.69) is 4.90 Å². The topological polar surface area (TPSA) is 66.6 Å². The lowest BCUT2D eigenvalue weighted by atomic mass is 10.4. The molecule has 1 aliphatic heterocycles. The number of nitrogens with zero attached hydrogens (tertiary/aromatic N) is 2. The fraction of sp³-hybridized carbons (Fsp3) is 1.00. The Labute approximate surface area is 66.9 Å². The minimum Gasteiger partial charge on any atom is -0.304 e. The van der Waals surface area contributed by atoms with Crippen molar-refractivity contribution in [1.29, 1.82) is 0 Å². The third kappa shape index (κ3) is 2.41. The van der Waals surface area contributed by atoms with Crippen LogP contribution in [0, 0.1) is 0 Å². The molecule has 11 heavy (non-hydrogen) atoms. The van der Waals surface area contributed by atoms with Crippen molar-refractivity contribution in [3.05, 3.63) is 0 Å². The lowest BCUT2D eigenvalue weighted by Crippen LogP contribution is -2.49. The normalized spacial score (nSPS) is 23.8. The summed E-state index contributed by atoms with van der Waals surface area (Å²) in [7, 11) is -1.48. The quantitative estimate of drug-likeness (QED) is 0.529. The summed E-state index contributed by atoms with van der Waals surface area (Å²) in [6.45, 7) is 2.54. The molecule has 0 saturated carbocycles. The Morgan fingerprint density at radius 2 is 1.64 bits per heavy atom. The van der Waals surface area contributed by atoms with Crippen LogP contribution < -0.4 is 5.14 Å². The van der Waals surface area contributed by atoms with Gasteiger partial charge in [-0.25, -0.2) is 5.14 Å². The Hall–Kier alpha value is -0.170. The molecule has 0 aromatic rings. The van der Waals surface area contributed by atoms with Crippen molar-refractivity contribution in [2.24, 2.45) is 5.14 Å². The van der Waals surface area contributed by atoms with E-state index in [9.17, 15) is 8.42 Å². The number of rotatable bonds is 1. The molecule has 1 heterocycles. The zero-order chi connectivity index (χ0) is 8.48. The van der Waals surface area contributed by atoms with Gasteiger partial charge in [0.25, 0.3) is 10.2 Å². The largest absolute Gasteiger partial charge is 0.304 e. The standard InChI is InChI=1S/C5H13N3O2S/c1-7-2-4-8(5-3-7)11(6,9)10/h2-5H2,1H3,(H2,6,9,10). The van der Waals surface area contributed by atoms with Crippen molar-refractivity contribution < 1.29 is 8.42 Å². The number of hydrogen-bond acceptors (Lipinski definition) is 3. The van der Waals surface area contributed by atoms with E-state index < -0.39 is 10.2 Å². The first-order valence-electron chi connectivity index (χ1n) is 3.46. The van der Waals surface area contributed by atoms with Gasteiger partial charge in [-0.2, -0.15) is 12.7 Å². The maximum Gasteiger partial charge on any atom is 0.276 e. The molecule has 0 radical (unpaired) electrons. The van der Waals surface area contributed by atoms with Crippen LogP contribution in [0.2, 0.25) is 0 Å². The van der Waals surface area contributed by atoms with E-state index in [4.69, 9.17) is 5.14 Å². The molecule has 6 heteroatoms. The van der Waals surface area contributed by atoms with Gasteiger partial charge >= 0.3 is 0 Å². The second-order valence-corrected chi connectivity index (χ2v) is 4.29. The minimum absolute atomic E-state index is 0.509. The fourth-order valence-electron chi connectivity index (χ4n) is 1.04. The van der Waals surface area contributed by atoms with Crippen LogP contribution >= 0.6 is 0 Å². The Bertz CT molecular complexity index is 218. The molecule has 1 rings (SSSR count). The fourth-order valence-corrected chi connectivity index (χ4v) is 1.71. The average Bonchev–Trinajstić information content (AvgIpc) is 1.86. The highest BCUT2D eigenvalue weighted by Crippen LogP contribution is 2.01. The van der Waals surface area contributed by atoms with E-state index in [0.717, 1.165) is 13.1 Å². The maximum absolute atomic E-state index is 10.8. The summed E-state index contributed by atoms with van der Waals surface area (Å²) in [6, 6.07) is 0. The zero-order valence-electron chi connectivity index (χ0n) is 6.52. The molecule has 0 atom stereocenters.